The molecule has 1 fully saturated rings. The van der Waals surface area contributed by atoms with E-state index in [9.17, 15) is 14.0 Å². The van der Waals surface area contributed by atoms with Gasteiger partial charge < -0.3 is 10.2 Å². The van der Waals surface area contributed by atoms with Crippen molar-refractivity contribution in [3.8, 4) is 0 Å². The predicted molar refractivity (Wildman–Crippen MR) is 136 cm³/mol. The second-order valence-electron chi connectivity index (χ2n) is 8.53. The zero-order valence-corrected chi connectivity index (χ0v) is 21.5. The largest absolute Gasteiger partial charge is 0.352 e. The van der Waals surface area contributed by atoms with Crippen molar-refractivity contribution < 1.29 is 14.0 Å². The summed E-state index contributed by atoms with van der Waals surface area (Å²) in [5.41, 5.74) is 1.95. The Labute approximate surface area is 208 Å². The van der Waals surface area contributed by atoms with Crippen molar-refractivity contribution >= 4 is 39.5 Å². The number of nitrogens with zero attached hydrogens (tertiary/aromatic N) is 1. The van der Waals surface area contributed by atoms with Crippen molar-refractivity contribution in [1.29, 1.82) is 0 Å². The molecule has 0 aliphatic heterocycles. The Hall–Kier alpha value is -1.86. The molecule has 1 N–H and O–H groups in total. The van der Waals surface area contributed by atoms with Crippen LogP contribution in [0.1, 0.15) is 56.6 Å². The van der Waals surface area contributed by atoms with Crippen LogP contribution in [0.5, 0.6) is 0 Å². The van der Waals surface area contributed by atoms with Crippen LogP contribution in [0.25, 0.3) is 0 Å². The van der Waals surface area contributed by atoms with Gasteiger partial charge in [-0.2, -0.15) is 0 Å². The van der Waals surface area contributed by atoms with Crippen LogP contribution in [0.3, 0.4) is 0 Å². The zero-order chi connectivity index (χ0) is 23.6. The van der Waals surface area contributed by atoms with Gasteiger partial charge in [0.2, 0.25) is 11.8 Å². The molecule has 4 nitrogen and oxygen atoms in total. The average molecular weight is 536 g/mol. The third kappa shape index (κ3) is 8.14. The number of nitrogens with one attached hydrogen (secondary N) is 1. The molecule has 0 aromatic heterocycles. The van der Waals surface area contributed by atoms with Crippen molar-refractivity contribution in [1.82, 2.24) is 10.2 Å². The summed E-state index contributed by atoms with van der Waals surface area (Å²) in [7, 11) is 0. The van der Waals surface area contributed by atoms with Crippen molar-refractivity contribution in [2.75, 3.05) is 5.75 Å². The SMILES string of the molecule is CC[C@@H](C(=O)NC1CCCCC1)N(Cc1ccc(F)cc1)C(=O)CSCc1ccc(Br)cc1. The zero-order valence-electron chi connectivity index (χ0n) is 19.1. The predicted octanol–water partition coefficient (Wildman–Crippen LogP) is 6.08. The van der Waals surface area contributed by atoms with Gasteiger partial charge in [-0.3, -0.25) is 9.59 Å². The van der Waals surface area contributed by atoms with Crippen molar-refractivity contribution in [2.24, 2.45) is 0 Å². The molecule has 0 unspecified atom stereocenters. The molecule has 0 bridgehead atoms. The summed E-state index contributed by atoms with van der Waals surface area (Å²) in [5.74, 6) is 0.521. The summed E-state index contributed by atoms with van der Waals surface area (Å²) in [6.45, 7) is 2.22. The van der Waals surface area contributed by atoms with Gasteiger partial charge in [0.15, 0.2) is 0 Å². The maximum Gasteiger partial charge on any atom is 0.243 e. The van der Waals surface area contributed by atoms with E-state index in [4.69, 9.17) is 0 Å². The first-order valence-electron chi connectivity index (χ1n) is 11.6. The van der Waals surface area contributed by atoms with Gasteiger partial charge in [0, 0.05) is 22.8 Å². The molecule has 2 aromatic rings. The van der Waals surface area contributed by atoms with E-state index < -0.39 is 6.04 Å². The lowest BCUT2D eigenvalue weighted by molar-refractivity contribution is -0.139. The number of benzene rings is 2. The van der Waals surface area contributed by atoms with Gasteiger partial charge in [0.05, 0.1) is 5.75 Å². The Morgan fingerprint density at radius 3 is 2.33 bits per heavy atom. The first-order valence-corrected chi connectivity index (χ1v) is 13.6. The summed E-state index contributed by atoms with van der Waals surface area (Å²) >= 11 is 4.97. The number of thioether (sulfide) groups is 1. The van der Waals surface area contributed by atoms with Crippen molar-refractivity contribution in [3.63, 3.8) is 0 Å². The Morgan fingerprint density at radius 1 is 1.06 bits per heavy atom. The number of hydrogen-bond donors (Lipinski definition) is 1. The van der Waals surface area contributed by atoms with Crippen LogP contribution in [-0.2, 0) is 21.9 Å². The van der Waals surface area contributed by atoms with Gasteiger partial charge in [-0.15, -0.1) is 11.8 Å². The third-order valence-electron chi connectivity index (χ3n) is 6.01. The second-order valence-corrected chi connectivity index (χ2v) is 10.4. The minimum Gasteiger partial charge on any atom is -0.352 e. The van der Waals surface area contributed by atoms with Gasteiger partial charge in [-0.1, -0.05) is 66.4 Å². The maximum absolute atomic E-state index is 13.4. The summed E-state index contributed by atoms with van der Waals surface area (Å²) in [5, 5.41) is 3.18. The number of carbonyl (C=O) groups is 2. The molecule has 3 rings (SSSR count). The first kappa shape index (κ1) is 25.8. The van der Waals surface area contributed by atoms with Gasteiger partial charge in [0.1, 0.15) is 11.9 Å². The fourth-order valence-corrected chi connectivity index (χ4v) is 5.31. The van der Waals surface area contributed by atoms with E-state index in [0.29, 0.717) is 12.2 Å². The number of halogens is 2. The minimum atomic E-state index is -0.544. The van der Waals surface area contributed by atoms with Crippen molar-refractivity contribution in [3.05, 3.63) is 69.9 Å². The smallest absolute Gasteiger partial charge is 0.243 e. The summed E-state index contributed by atoms with van der Waals surface area (Å²) in [6.07, 6.45) is 6.00. The molecule has 0 spiro atoms. The van der Waals surface area contributed by atoms with Crippen LogP contribution in [0.4, 0.5) is 4.39 Å². The quantitative estimate of drug-likeness (QED) is 0.402. The molecular formula is C26H32BrFN2O2S. The summed E-state index contributed by atoms with van der Waals surface area (Å²) in [4.78, 5) is 28.1. The van der Waals surface area contributed by atoms with Gasteiger partial charge in [-0.05, 0) is 54.7 Å². The third-order valence-corrected chi connectivity index (χ3v) is 7.53. The van der Waals surface area contributed by atoms with Crippen LogP contribution in [0, 0.1) is 5.82 Å². The lowest BCUT2D eigenvalue weighted by atomic mass is 9.95. The van der Waals surface area contributed by atoms with E-state index in [0.717, 1.165) is 41.3 Å². The highest BCUT2D eigenvalue weighted by Gasteiger charge is 2.30. The van der Waals surface area contributed by atoms with Gasteiger partial charge in [0.25, 0.3) is 0 Å². The fraction of sp³-hybridized carbons (Fsp3) is 0.462. The van der Waals surface area contributed by atoms with Crippen LogP contribution in [-0.4, -0.2) is 34.6 Å². The van der Waals surface area contributed by atoms with E-state index in [1.807, 2.05) is 31.2 Å². The van der Waals surface area contributed by atoms with Crippen LogP contribution in [0.15, 0.2) is 53.0 Å². The Morgan fingerprint density at radius 2 is 1.70 bits per heavy atom. The molecule has 7 heteroatoms. The molecule has 1 saturated carbocycles. The highest BCUT2D eigenvalue weighted by molar-refractivity contribution is 9.10. The highest BCUT2D eigenvalue weighted by atomic mass is 79.9. The molecule has 1 aliphatic rings. The molecule has 33 heavy (non-hydrogen) atoms. The molecule has 1 atom stereocenters. The molecule has 1 aliphatic carbocycles. The summed E-state index contributed by atoms with van der Waals surface area (Å²) in [6, 6.07) is 13.8. The van der Waals surface area contributed by atoms with Crippen LogP contribution < -0.4 is 5.32 Å². The minimum absolute atomic E-state index is 0.0768. The number of rotatable bonds is 10. The van der Waals surface area contributed by atoms with E-state index >= 15 is 0 Å². The Kier molecular flexibility index (Phi) is 10.3. The molecule has 2 amide bonds. The van der Waals surface area contributed by atoms with Crippen LogP contribution in [0.2, 0.25) is 0 Å². The van der Waals surface area contributed by atoms with E-state index in [1.165, 1.54) is 30.3 Å². The van der Waals surface area contributed by atoms with Crippen LogP contribution >= 0.6 is 27.7 Å². The fourth-order valence-electron chi connectivity index (χ4n) is 4.17. The van der Waals surface area contributed by atoms with E-state index in [-0.39, 0.29) is 36.0 Å². The lowest BCUT2D eigenvalue weighted by Crippen LogP contribution is -2.52. The standard InChI is InChI=1S/C26H32BrFN2O2S/c1-2-24(26(32)29-23-6-4-3-5-7-23)30(16-19-10-14-22(28)15-11-19)25(31)18-33-17-20-8-12-21(27)13-9-20/h8-15,23-24H,2-7,16-18H2,1H3,(H,29,32)/t24-/m0/s1. The lowest BCUT2D eigenvalue weighted by Gasteiger charge is -2.32. The molecule has 0 heterocycles. The van der Waals surface area contributed by atoms with E-state index in [2.05, 4.69) is 21.2 Å². The molecule has 178 valence electrons. The van der Waals surface area contributed by atoms with Gasteiger partial charge >= 0.3 is 0 Å². The molecule has 0 radical (unpaired) electrons. The topological polar surface area (TPSA) is 49.4 Å². The number of carbonyl (C=O) groups excluding carboxylic acids is 2. The van der Waals surface area contributed by atoms with E-state index in [1.54, 1.807) is 17.0 Å². The first-order chi connectivity index (χ1) is 16.0. The Balaban J connectivity index is 1.68. The molecule has 2 aromatic carbocycles. The normalized spacial score (nSPS) is 15.1. The number of amides is 2. The molecule has 0 saturated heterocycles. The summed E-state index contributed by atoms with van der Waals surface area (Å²) < 4.78 is 14.4. The van der Waals surface area contributed by atoms with Gasteiger partial charge in [-0.25, -0.2) is 4.39 Å². The number of hydrogen-bond acceptors (Lipinski definition) is 3. The second kappa shape index (κ2) is 13.1. The monoisotopic (exact) mass is 534 g/mol. The maximum atomic E-state index is 13.4. The molecular weight excluding hydrogens is 503 g/mol. The van der Waals surface area contributed by atoms with Crippen molar-refractivity contribution in [2.45, 2.75) is 69.8 Å². The average Bonchev–Trinajstić information content (AvgIpc) is 2.82. The Bertz CT molecular complexity index is 902. The highest BCUT2D eigenvalue weighted by Crippen LogP contribution is 2.21.